The molecule has 1 heteroatoms. The van der Waals surface area contributed by atoms with Gasteiger partial charge in [-0.2, -0.15) is 0 Å². The molecular weight excluding hydrogens is 341 g/mol. The molecule has 0 bridgehead atoms. The molecule has 0 heterocycles. The monoisotopic (exact) mass is 350 g/mol. The van der Waals surface area contributed by atoms with E-state index in [4.69, 9.17) is 12.8 Å². The molecule has 0 N–H and O–H groups in total. The van der Waals surface area contributed by atoms with Crippen molar-refractivity contribution in [2.75, 3.05) is 0 Å². The van der Waals surface area contributed by atoms with Crippen molar-refractivity contribution < 1.29 is 22.4 Å². The van der Waals surface area contributed by atoms with Gasteiger partial charge in [-0.25, -0.2) is 0 Å². The summed E-state index contributed by atoms with van der Waals surface area (Å²) in [6.07, 6.45) is 12.3. The molecule has 0 aliphatic carbocycles. The Morgan fingerprint density at radius 1 is 1.15 bits per heavy atom. The Morgan fingerprint density at radius 3 is 2.00 bits per heavy atom. The molecule has 0 aliphatic heterocycles. The van der Waals surface area contributed by atoms with Gasteiger partial charge in [0.05, 0.1) is 0 Å². The van der Waals surface area contributed by atoms with Gasteiger partial charge < -0.3 is 6.42 Å². The summed E-state index contributed by atoms with van der Waals surface area (Å²) < 4.78 is 0. The number of rotatable bonds is 0. The van der Waals surface area contributed by atoms with E-state index in [1.807, 2.05) is 26.0 Å². The topological polar surface area (TPSA) is 0 Å². The third-order valence-electron chi connectivity index (χ3n) is 1.92. The van der Waals surface area contributed by atoms with Crippen LogP contribution in [-0.4, -0.2) is 0 Å². The second-order valence-corrected chi connectivity index (χ2v) is 2.75. The second-order valence-electron chi connectivity index (χ2n) is 2.75. The fourth-order valence-corrected chi connectivity index (χ4v) is 1.04. The third-order valence-corrected chi connectivity index (χ3v) is 1.92. The molecule has 0 aliphatic rings. The number of hydrogen-bond donors (Lipinski definition) is 0. The van der Waals surface area contributed by atoms with Crippen molar-refractivity contribution in [3.63, 3.8) is 0 Å². The number of terminal acetylenes is 1. The zero-order valence-electron chi connectivity index (χ0n) is 7.53. The third kappa shape index (κ3) is 2.51. The summed E-state index contributed by atoms with van der Waals surface area (Å²) >= 11 is 0. The molecule has 0 saturated heterocycles. The molecule has 0 fully saturated rings. The van der Waals surface area contributed by atoms with Crippen molar-refractivity contribution >= 4 is 0 Å². The predicted octanol–water partition coefficient (Wildman–Crippen LogP) is 2.22. The van der Waals surface area contributed by atoms with Crippen LogP contribution >= 0.6 is 0 Å². The fourth-order valence-electron chi connectivity index (χ4n) is 1.04. The van der Waals surface area contributed by atoms with Gasteiger partial charge in [-0.15, -0.1) is 18.1 Å². The first kappa shape index (κ1) is 12.1. The van der Waals surface area contributed by atoms with Gasteiger partial charge in [-0.1, -0.05) is 17.6 Å². The Bertz CT molecular complexity index is 350. The maximum Gasteiger partial charge on any atom is 1.00 e. The molecule has 68 valence electrons. The summed E-state index contributed by atoms with van der Waals surface area (Å²) in [7, 11) is 0. The van der Waals surface area contributed by atoms with Crippen LogP contribution in [0.5, 0.6) is 0 Å². The summed E-state index contributed by atoms with van der Waals surface area (Å²) in [6, 6.07) is 3.80. The minimum atomic E-state index is 0. The molecule has 0 unspecified atom stereocenters. The van der Waals surface area contributed by atoms with Crippen LogP contribution in [0.3, 0.4) is 0 Å². The number of hydrogen-bond acceptors (Lipinski definition) is 0. The van der Waals surface area contributed by atoms with E-state index in [0.29, 0.717) is 5.56 Å². The van der Waals surface area contributed by atoms with Crippen LogP contribution in [0, 0.1) is 38.5 Å². The summed E-state index contributed by atoms with van der Waals surface area (Å²) in [6.45, 7) is 4.00. The van der Waals surface area contributed by atoms with E-state index < -0.39 is 0 Å². The number of benzene rings is 1. The van der Waals surface area contributed by atoms with Crippen LogP contribution in [0.15, 0.2) is 12.1 Å². The van der Waals surface area contributed by atoms with Crippen molar-refractivity contribution in [1.29, 1.82) is 0 Å². The SMILES string of the molecule is [Au+].[C-]#Cc1cc(C)c(C)cc1C#C. The smallest absolute Gasteiger partial charge is 0.366 e. The largest absolute Gasteiger partial charge is 1.00 e. The Labute approximate surface area is 95.3 Å². The van der Waals surface area contributed by atoms with E-state index in [-0.39, 0.29) is 22.4 Å². The average Bonchev–Trinajstić information content (AvgIpc) is 2.09. The van der Waals surface area contributed by atoms with Crippen LogP contribution in [-0.2, 0) is 22.4 Å². The van der Waals surface area contributed by atoms with Crippen LogP contribution in [0.1, 0.15) is 22.3 Å². The van der Waals surface area contributed by atoms with Gasteiger partial charge in [-0.05, 0) is 25.0 Å². The fraction of sp³-hybridized carbons (Fsp3) is 0.167. The second kappa shape index (κ2) is 4.95. The maximum absolute atomic E-state index is 7.01. The van der Waals surface area contributed by atoms with Crippen molar-refractivity contribution in [1.82, 2.24) is 0 Å². The molecule has 0 atom stereocenters. The maximum atomic E-state index is 7.01. The average molecular weight is 350 g/mol. The van der Waals surface area contributed by atoms with E-state index in [2.05, 4.69) is 11.8 Å². The van der Waals surface area contributed by atoms with Gasteiger partial charge in [0.25, 0.3) is 0 Å². The van der Waals surface area contributed by atoms with Gasteiger partial charge in [0.1, 0.15) is 0 Å². The Kier molecular flexibility index (Phi) is 4.60. The first-order valence-corrected chi connectivity index (χ1v) is 3.69. The quantitative estimate of drug-likeness (QED) is 0.383. The zero-order valence-corrected chi connectivity index (χ0v) is 9.70. The van der Waals surface area contributed by atoms with E-state index in [1.54, 1.807) is 0 Å². The van der Waals surface area contributed by atoms with Crippen LogP contribution in [0.2, 0.25) is 0 Å². The number of aryl methyl sites for hydroxylation is 2. The molecule has 0 aromatic heterocycles. The van der Waals surface area contributed by atoms with Crippen LogP contribution in [0.4, 0.5) is 0 Å². The van der Waals surface area contributed by atoms with E-state index in [9.17, 15) is 0 Å². The van der Waals surface area contributed by atoms with Crippen LogP contribution < -0.4 is 0 Å². The molecular formula is C12H9Au. The zero-order chi connectivity index (χ0) is 9.14. The molecule has 0 amide bonds. The van der Waals surface area contributed by atoms with Crippen molar-refractivity contribution in [2.45, 2.75) is 13.8 Å². The summed E-state index contributed by atoms with van der Waals surface area (Å²) in [4.78, 5) is 0. The standard InChI is InChI=1S/C12H9.Au/c1-5-11-7-9(3)10(4)8-12(11)6-2;/h1,7-8H,3-4H3;/q-1;+1. The Hall–Kier alpha value is -0.920. The molecule has 0 saturated carbocycles. The molecule has 0 spiro atoms. The first-order chi connectivity index (χ1) is 5.69. The molecule has 0 radical (unpaired) electrons. The van der Waals surface area contributed by atoms with E-state index in [1.165, 1.54) is 0 Å². The van der Waals surface area contributed by atoms with Crippen molar-refractivity contribution in [2.24, 2.45) is 0 Å². The first-order valence-electron chi connectivity index (χ1n) is 3.69. The van der Waals surface area contributed by atoms with Crippen molar-refractivity contribution in [3.8, 4) is 18.3 Å². The summed E-state index contributed by atoms with van der Waals surface area (Å²) in [5.41, 5.74) is 3.74. The van der Waals surface area contributed by atoms with Gasteiger partial charge in [0.15, 0.2) is 0 Å². The van der Waals surface area contributed by atoms with Gasteiger partial charge in [0, 0.05) is 0 Å². The van der Waals surface area contributed by atoms with Gasteiger partial charge >= 0.3 is 22.4 Å². The summed E-state index contributed by atoms with van der Waals surface area (Å²) in [5.74, 6) is 4.85. The summed E-state index contributed by atoms with van der Waals surface area (Å²) in [5, 5.41) is 0. The molecule has 1 rings (SSSR count). The van der Waals surface area contributed by atoms with Crippen molar-refractivity contribution in [3.05, 3.63) is 40.8 Å². The van der Waals surface area contributed by atoms with Gasteiger partial charge in [0.2, 0.25) is 0 Å². The minimum Gasteiger partial charge on any atom is -0.366 e. The predicted molar refractivity (Wildman–Crippen MR) is 50.1 cm³/mol. The minimum absolute atomic E-state index is 0. The molecule has 13 heavy (non-hydrogen) atoms. The Morgan fingerprint density at radius 2 is 1.62 bits per heavy atom. The van der Waals surface area contributed by atoms with Gasteiger partial charge in [-0.3, -0.25) is 5.92 Å². The Balaban J connectivity index is 0.00000144. The molecule has 1 aromatic rings. The molecule has 1 aromatic carbocycles. The van der Waals surface area contributed by atoms with E-state index >= 15 is 0 Å². The van der Waals surface area contributed by atoms with Crippen LogP contribution in [0.25, 0.3) is 0 Å². The normalized spacial score (nSPS) is 8.00. The molecule has 0 nitrogen and oxygen atoms in total. The van der Waals surface area contributed by atoms with E-state index in [0.717, 1.165) is 16.7 Å².